The molecule has 21 heavy (non-hydrogen) atoms. The van der Waals surface area contributed by atoms with E-state index in [1.807, 2.05) is 0 Å². The fraction of sp³-hybridized carbons (Fsp3) is 0.667. The fourth-order valence-corrected chi connectivity index (χ4v) is 4.40. The van der Waals surface area contributed by atoms with Crippen LogP contribution >= 0.6 is 0 Å². The molecule has 0 bridgehead atoms. The summed E-state index contributed by atoms with van der Waals surface area (Å²) in [5, 5.41) is 13.9. The second-order valence-electron chi connectivity index (χ2n) is 6.97. The van der Waals surface area contributed by atoms with Gasteiger partial charge in [0.05, 0.1) is 6.10 Å². The highest BCUT2D eigenvalue weighted by molar-refractivity contribution is 5.41. The molecule has 0 radical (unpaired) electrons. The third-order valence-electron chi connectivity index (χ3n) is 5.62. The zero-order valence-electron chi connectivity index (χ0n) is 12.6. The van der Waals surface area contributed by atoms with Crippen molar-refractivity contribution in [2.45, 2.75) is 50.7 Å². The van der Waals surface area contributed by atoms with Crippen LogP contribution in [0.25, 0.3) is 0 Å². The van der Waals surface area contributed by atoms with Gasteiger partial charge in [0.25, 0.3) is 0 Å². The summed E-state index contributed by atoms with van der Waals surface area (Å²) in [5.74, 6) is 2.35. The fourth-order valence-electron chi connectivity index (χ4n) is 4.40. The maximum Gasteiger partial charge on any atom is 0.125 e. The molecule has 3 nitrogen and oxygen atoms in total. The minimum atomic E-state index is -0.314. The Kier molecular flexibility index (Phi) is 3.64. The molecular formula is C18H25NO2. The van der Waals surface area contributed by atoms with Crippen LogP contribution in [0.4, 0.5) is 0 Å². The lowest BCUT2D eigenvalue weighted by Gasteiger charge is -2.36. The van der Waals surface area contributed by atoms with Gasteiger partial charge in [0.2, 0.25) is 0 Å². The van der Waals surface area contributed by atoms with Crippen LogP contribution < -0.4 is 10.1 Å². The molecule has 2 fully saturated rings. The molecule has 0 amide bonds. The van der Waals surface area contributed by atoms with Gasteiger partial charge in [-0.1, -0.05) is 12.1 Å². The van der Waals surface area contributed by atoms with E-state index in [1.165, 1.54) is 30.4 Å². The summed E-state index contributed by atoms with van der Waals surface area (Å²) in [4.78, 5) is 0. The number of hydrogen-bond acceptors (Lipinski definition) is 3. The lowest BCUT2D eigenvalue weighted by Crippen LogP contribution is -2.42. The SMILES string of the molecule is O[C@@H]1C[C@H]2CNC[C@H]2C[C@H]1Oc1cccc2c1CCCC2. The zero-order valence-corrected chi connectivity index (χ0v) is 12.6. The summed E-state index contributed by atoms with van der Waals surface area (Å²) in [6.45, 7) is 2.15. The normalized spacial score (nSPS) is 35.1. The molecule has 1 saturated heterocycles. The lowest BCUT2D eigenvalue weighted by molar-refractivity contribution is -0.0236. The van der Waals surface area contributed by atoms with Crippen molar-refractivity contribution in [3.8, 4) is 5.75 Å². The van der Waals surface area contributed by atoms with Gasteiger partial charge in [0.1, 0.15) is 11.9 Å². The first-order chi connectivity index (χ1) is 10.3. The van der Waals surface area contributed by atoms with Crippen molar-refractivity contribution in [1.29, 1.82) is 0 Å². The van der Waals surface area contributed by atoms with Gasteiger partial charge in [0.15, 0.2) is 0 Å². The Morgan fingerprint density at radius 3 is 2.76 bits per heavy atom. The number of fused-ring (bicyclic) bond motifs is 2. The highest BCUT2D eigenvalue weighted by Gasteiger charge is 2.40. The second kappa shape index (κ2) is 5.62. The summed E-state index contributed by atoms with van der Waals surface area (Å²) in [6.07, 6.45) is 6.38. The number of aryl methyl sites for hydroxylation is 1. The lowest BCUT2D eigenvalue weighted by atomic mass is 9.78. The predicted molar refractivity (Wildman–Crippen MR) is 82.6 cm³/mol. The standard InChI is InChI=1S/C18H25NO2/c20-16-8-13-10-19-11-14(13)9-18(16)21-17-7-3-5-12-4-1-2-6-15(12)17/h3,5,7,13-14,16,18-20H,1-2,4,6,8-11H2/t13-,14+,16+,18+/m0/s1. The Labute approximate surface area is 126 Å². The number of hydrogen-bond donors (Lipinski definition) is 2. The highest BCUT2D eigenvalue weighted by atomic mass is 16.5. The molecule has 1 aromatic rings. The van der Waals surface area contributed by atoms with E-state index in [4.69, 9.17) is 4.74 Å². The number of aliphatic hydroxyl groups is 1. The first-order valence-corrected chi connectivity index (χ1v) is 8.47. The van der Waals surface area contributed by atoms with Crippen molar-refractivity contribution in [2.75, 3.05) is 13.1 Å². The number of benzene rings is 1. The van der Waals surface area contributed by atoms with Crippen molar-refractivity contribution < 1.29 is 9.84 Å². The van der Waals surface area contributed by atoms with Gasteiger partial charge in [-0.2, -0.15) is 0 Å². The minimum absolute atomic E-state index is 0.0282. The highest BCUT2D eigenvalue weighted by Crippen LogP contribution is 2.37. The molecule has 0 spiro atoms. The molecule has 1 aliphatic heterocycles. The van der Waals surface area contributed by atoms with Crippen LogP contribution in [0.3, 0.4) is 0 Å². The van der Waals surface area contributed by atoms with Gasteiger partial charge in [-0.15, -0.1) is 0 Å². The van der Waals surface area contributed by atoms with E-state index in [-0.39, 0.29) is 12.2 Å². The molecule has 1 aromatic carbocycles. The van der Waals surface area contributed by atoms with Crippen molar-refractivity contribution >= 4 is 0 Å². The van der Waals surface area contributed by atoms with Crippen molar-refractivity contribution in [2.24, 2.45) is 11.8 Å². The van der Waals surface area contributed by atoms with E-state index in [2.05, 4.69) is 23.5 Å². The third kappa shape index (κ3) is 2.58. The Balaban J connectivity index is 1.53. The van der Waals surface area contributed by atoms with E-state index < -0.39 is 0 Å². The third-order valence-corrected chi connectivity index (χ3v) is 5.62. The Morgan fingerprint density at radius 2 is 1.86 bits per heavy atom. The van der Waals surface area contributed by atoms with E-state index in [1.54, 1.807) is 0 Å². The first-order valence-electron chi connectivity index (χ1n) is 8.47. The summed E-state index contributed by atoms with van der Waals surface area (Å²) in [6, 6.07) is 6.43. The molecule has 4 atom stereocenters. The molecule has 1 heterocycles. The van der Waals surface area contributed by atoms with Crippen molar-refractivity contribution in [3.63, 3.8) is 0 Å². The molecule has 2 aliphatic carbocycles. The maximum atomic E-state index is 10.4. The van der Waals surface area contributed by atoms with Crippen molar-refractivity contribution in [3.05, 3.63) is 29.3 Å². The largest absolute Gasteiger partial charge is 0.487 e. The molecule has 4 rings (SSSR count). The van der Waals surface area contributed by atoms with Crippen LogP contribution in [0.15, 0.2) is 18.2 Å². The van der Waals surface area contributed by atoms with Crippen LogP contribution in [0.2, 0.25) is 0 Å². The minimum Gasteiger partial charge on any atom is -0.487 e. The number of ether oxygens (including phenoxy) is 1. The first kappa shape index (κ1) is 13.6. The summed E-state index contributed by atoms with van der Waals surface area (Å²) in [7, 11) is 0. The summed E-state index contributed by atoms with van der Waals surface area (Å²) < 4.78 is 6.30. The quantitative estimate of drug-likeness (QED) is 0.877. The van der Waals surface area contributed by atoms with Crippen LogP contribution in [0.5, 0.6) is 5.75 Å². The van der Waals surface area contributed by atoms with Gasteiger partial charge in [-0.25, -0.2) is 0 Å². The molecule has 3 heteroatoms. The summed E-state index contributed by atoms with van der Waals surface area (Å²) >= 11 is 0. The maximum absolute atomic E-state index is 10.4. The monoisotopic (exact) mass is 287 g/mol. The average Bonchev–Trinajstić information content (AvgIpc) is 2.95. The molecule has 0 aromatic heterocycles. The predicted octanol–water partition coefficient (Wildman–Crippen LogP) is 2.30. The smallest absolute Gasteiger partial charge is 0.125 e. The zero-order chi connectivity index (χ0) is 14.2. The molecular weight excluding hydrogens is 262 g/mol. The number of nitrogens with one attached hydrogen (secondary N) is 1. The molecule has 2 N–H and O–H groups in total. The number of rotatable bonds is 2. The van der Waals surface area contributed by atoms with E-state index in [0.29, 0.717) is 11.8 Å². The Morgan fingerprint density at radius 1 is 1.05 bits per heavy atom. The van der Waals surface area contributed by atoms with Gasteiger partial charge >= 0.3 is 0 Å². The van der Waals surface area contributed by atoms with E-state index in [9.17, 15) is 5.11 Å². The Bertz CT molecular complexity index is 516. The Hall–Kier alpha value is -1.06. The van der Waals surface area contributed by atoms with Crippen molar-refractivity contribution in [1.82, 2.24) is 5.32 Å². The molecule has 0 unspecified atom stereocenters. The van der Waals surface area contributed by atoms with Gasteiger partial charge in [0, 0.05) is 0 Å². The van der Waals surface area contributed by atoms with E-state index >= 15 is 0 Å². The second-order valence-corrected chi connectivity index (χ2v) is 6.97. The van der Waals surface area contributed by atoms with Gasteiger partial charge in [-0.05, 0) is 80.6 Å². The van der Waals surface area contributed by atoms with E-state index in [0.717, 1.165) is 38.1 Å². The van der Waals surface area contributed by atoms with Gasteiger partial charge < -0.3 is 15.2 Å². The molecule has 114 valence electrons. The average molecular weight is 287 g/mol. The topological polar surface area (TPSA) is 41.5 Å². The van der Waals surface area contributed by atoms with Crippen LogP contribution in [0, 0.1) is 11.8 Å². The number of aliphatic hydroxyl groups excluding tert-OH is 1. The summed E-state index contributed by atoms with van der Waals surface area (Å²) in [5.41, 5.74) is 2.84. The van der Waals surface area contributed by atoms with Crippen LogP contribution in [0.1, 0.15) is 36.8 Å². The molecule has 3 aliphatic rings. The van der Waals surface area contributed by atoms with Crippen LogP contribution in [-0.2, 0) is 12.8 Å². The van der Waals surface area contributed by atoms with Gasteiger partial charge in [-0.3, -0.25) is 0 Å². The molecule has 1 saturated carbocycles. The van der Waals surface area contributed by atoms with Crippen LogP contribution in [-0.4, -0.2) is 30.4 Å².